The van der Waals surface area contributed by atoms with Crippen molar-refractivity contribution >= 4 is 28.9 Å². The molecule has 0 bridgehead atoms. The van der Waals surface area contributed by atoms with Crippen molar-refractivity contribution in [1.82, 2.24) is 0 Å². The highest BCUT2D eigenvalue weighted by Gasteiger charge is 2.06. The van der Waals surface area contributed by atoms with E-state index in [1.165, 1.54) is 6.07 Å². The average molecular weight is 286 g/mol. The number of nitrogen functional groups attached to an aromatic ring is 1. The van der Waals surface area contributed by atoms with Crippen LogP contribution in [0.4, 0.5) is 10.1 Å². The molecule has 0 fully saturated rings. The first kappa shape index (κ1) is 13.0. The fourth-order valence-corrected chi connectivity index (χ4v) is 1.76. The molecule has 0 radical (unpaired) electrons. The fourth-order valence-electron chi connectivity index (χ4n) is 1.42. The molecule has 94 valence electrons. The molecule has 2 aromatic carbocycles. The highest BCUT2D eigenvalue weighted by Crippen LogP contribution is 2.27. The lowest BCUT2D eigenvalue weighted by molar-refractivity contribution is 0.300. The summed E-state index contributed by atoms with van der Waals surface area (Å²) in [5.41, 5.74) is 6.55. The summed E-state index contributed by atoms with van der Waals surface area (Å²) in [5, 5.41) is 0.775. The summed E-state index contributed by atoms with van der Waals surface area (Å²) < 4.78 is 18.9. The van der Waals surface area contributed by atoms with Crippen LogP contribution in [-0.2, 0) is 6.61 Å². The van der Waals surface area contributed by atoms with Crippen molar-refractivity contribution in [1.29, 1.82) is 0 Å². The molecule has 2 nitrogen and oxygen atoms in total. The molecule has 0 unspecified atom stereocenters. The average Bonchev–Trinajstić information content (AvgIpc) is 2.32. The van der Waals surface area contributed by atoms with E-state index in [1.807, 2.05) is 0 Å². The Morgan fingerprint density at radius 2 is 1.89 bits per heavy atom. The lowest BCUT2D eigenvalue weighted by atomic mass is 10.2. The molecule has 2 N–H and O–H groups in total. The Hall–Kier alpha value is -1.45. The monoisotopic (exact) mass is 285 g/mol. The van der Waals surface area contributed by atoms with Crippen molar-refractivity contribution in [2.75, 3.05) is 5.73 Å². The van der Waals surface area contributed by atoms with Gasteiger partial charge in [-0.15, -0.1) is 0 Å². The van der Waals surface area contributed by atoms with Crippen molar-refractivity contribution in [3.63, 3.8) is 0 Å². The maximum atomic E-state index is 13.5. The van der Waals surface area contributed by atoms with E-state index in [9.17, 15) is 4.39 Å². The van der Waals surface area contributed by atoms with Crippen LogP contribution in [0.15, 0.2) is 36.4 Å². The molecule has 0 spiro atoms. The van der Waals surface area contributed by atoms with Gasteiger partial charge in [-0.3, -0.25) is 0 Å². The van der Waals surface area contributed by atoms with Gasteiger partial charge in [0.25, 0.3) is 0 Å². The first-order chi connectivity index (χ1) is 8.56. The standard InChI is InChI=1S/C13H10Cl2FNO/c14-9-2-1-8(12(16)5-9)7-18-13-6-10(17)3-4-11(13)15/h1-6H,7,17H2. The van der Waals surface area contributed by atoms with Crippen LogP contribution in [-0.4, -0.2) is 0 Å². The minimum Gasteiger partial charge on any atom is -0.487 e. The number of hydrogen-bond acceptors (Lipinski definition) is 2. The maximum absolute atomic E-state index is 13.5. The molecule has 0 aliphatic carbocycles. The molecule has 0 atom stereocenters. The van der Waals surface area contributed by atoms with Crippen LogP contribution in [0.3, 0.4) is 0 Å². The summed E-state index contributed by atoms with van der Waals surface area (Å²) in [5.74, 6) is 0.00791. The Labute approximate surface area is 114 Å². The third-order valence-electron chi connectivity index (χ3n) is 2.35. The zero-order valence-corrected chi connectivity index (χ0v) is 10.8. The maximum Gasteiger partial charge on any atom is 0.140 e. The summed E-state index contributed by atoms with van der Waals surface area (Å²) in [4.78, 5) is 0. The van der Waals surface area contributed by atoms with Crippen LogP contribution in [0, 0.1) is 5.82 Å². The number of rotatable bonds is 3. The quantitative estimate of drug-likeness (QED) is 0.854. The lowest BCUT2D eigenvalue weighted by Crippen LogP contribution is -1.99. The largest absolute Gasteiger partial charge is 0.487 e. The first-order valence-electron chi connectivity index (χ1n) is 5.18. The van der Waals surface area contributed by atoms with E-state index in [2.05, 4.69) is 0 Å². The van der Waals surface area contributed by atoms with Crippen molar-refractivity contribution in [2.24, 2.45) is 0 Å². The second-order valence-corrected chi connectivity index (χ2v) is 4.56. The van der Waals surface area contributed by atoms with Crippen LogP contribution in [0.2, 0.25) is 10.0 Å². The van der Waals surface area contributed by atoms with Gasteiger partial charge < -0.3 is 10.5 Å². The minimum atomic E-state index is -0.414. The number of ether oxygens (including phenoxy) is 1. The molecular formula is C13H10Cl2FNO. The second kappa shape index (κ2) is 5.46. The van der Waals surface area contributed by atoms with Gasteiger partial charge in [0.2, 0.25) is 0 Å². The number of halogens is 3. The molecule has 18 heavy (non-hydrogen) atoms. The Kier molecular flexibility index (Phi) is 3.94. The SMILES string of the molecule is Nc1ccc(Cl)c(OCc2ccc(Cl)cc2F)c1. The highest BCUT2D eigenvalue weighted by molar-refractivity contribution is 6.32. The molecule has 0 saturated carbocycles. The van der Waals surface area contributed by atoms with Gasteiger partial charge >= 0.3 is 0 Å². The Morgan fingerprint density at radius 1 is 1.11 bits per heavy atom. The molecule has 2 aromatic rings. The molecular weight excluding hydrogens is 276 g/mol. The second-order valence-electron chi connectivity index (χ2n) is 3.71. The van der Waals surface area contributed by atoms with E-state index in [4.69, 9.17) is 33.7 Å². The summed E-state index contributed by atoms with van der Waals surface area (Å²) in [6, 6.07) is 9.29. The molecule has 0 aromatic heterocycles. The van der Waals surface area contributed by atoms with E-state index in [1.54, 1.807) is 30.3 Å². The molecule has 0 aliphatic heterocycles. The predicted molar refractivity (Wildman–Crippen MR) is 71.6 cm³/mol. The summed E-state index contributed by atoms with van der Waals surface area (Å²) in [6.07, 6.45) is 0. The molecule has 2 rings (SSSR count). The van der Waals surface area contributed by atoms with Crippen molar-refractivity contribution in [2.45, 2.75) is 6.61 Å². The molecule has 0 heterocycles. The minimum absolute atomic E-state index is 0.0617. The zero-order chi connectivity index (χ0) is 13.1. The summed E-state index contributed by atoms with van der Waals surface area (Å²) >= 11 is 11.6. The van der Waals surface area contributed by atoms with Crippen LogP contribution in [0.1, 0.15) is 5.56 Å². The topological polar surface area (TPSA) is 35.2 Å². The van der Waals surface area contributed by atoms with Crippen LogP contribution >= 0.6 is 23.2 Å². The first-order valence-corrected chi connectivity index (χ1v) is 5.93. The molecule has 5 heteroatoms. The number of nitrogens with two attached hydrogens (primary N) is 1. The third-order valence-corrected chi connectivity index (χ3v) is 2.90. The summed E-state index contributed by atoms with van der Waals surface area (Å²) in [6.45, 7) is 0.0617. The third kappa shape index (κ3) is 3.06. The van der Waals surface area contributed by atoms with E-state index in [0.29, 0.717) is 27.0 Å². The Bertz CT molecular complexity index is 575. The van der Waals surface area contributed by atoms with Crippen molar-refractivity contribution in [3.05, 3.63) is 57.8 Å². The summed E-state index contributed by atoms with van der Waals surface area (Å²) in [7, 11) is 0. The number of hydrogen-bond donors (Lipinski definition) is 1. The van der Waals surface area contributed by atoms with Gasteiger partial charge in [-0.2, -0.15) is 0 Å². The number of anilines is 1. The van der Waals surface area contributed by atoms with E-state index in [-0.39, 0.29) is 6.61 Å². The van der Waals surface area contributed by atoms with Crippen LogP contribution in [0.25, 0.3) is 0 Å². The van der Waals surface area contributed by atoms with Gasteiger partial charge in [0.05, 0.1) is 5.02 Å². The van der Waals surface area contributed by atoms with E-state index >= 15 is 0 Å². The van der Waals surface area contributed by atoms with Gasteiger partial charge in [-0.25, -0.2) is 4.39 Å². The highest BCUT2D eigenvalue weighted by atomic mass is 35.5. The molecule has 0 saturated heterocycles. The van der Waals surface area contributed by atoms with Crippen molar-refractivity contribution in [3.8, 4) is 5.75 Å². The van der Waals surface area contributed by atoms with Gasteiger partial charge in [0.1, 0.15) is 18.2 Å². The molecule has 0 amide bonds. The lowest BCUT2D eigenvalue weighted by Gasteiger charge is -2.09. The van der Waals surface area contributed by atoms with E-state index < -0.39 is 5.82 Å². The van der Waals surface area contributed by atoms with Gasteiger partial charge in [0.15, 0.2) is 0 Å². The van der Waals surface area contributed by atoms with Crippen LogP contribution in [0.5, 0.6) is 5.75 Å². The predicted octanol–water partition coefficient (Wildman–Crippen LogP) is 4.29. The Balaban J connectivity index is 2.13. The Morgan fingerprint density at radius 3 is 2.61 bits per heavy atom. The van der Waals surface area contributed by atoms with Crippen LogP contribution < -0.4 is 10.5 Å². The number of benzene rings is 2. The van der Waals surface area contributed by atoms with Gasteiger partial charge in [-0.05, 0) is 24.3 Å². The van der Waals surface area contributed by atoms with Crippen molar-refractivity contribution < 1.29 is 9.13 Å². The zero-order valence-electron chi connectivity index (χ0n) is 9.29. The van der Waals surface area contributed by atoms with E-state index in [0.717, 1.165) is 0 Å². The molecule has 0 aliphatic rings. The van der Waals surface area contributed by atoms with Gasteiger partial charge in [0, 0.05) is 22.3 Å². The normalized spacial score (nSPS) is 10.4. The van der Waals surface area contributed by atoms with Gasteiger partial charge in [-0.1, -0.05) is 29.3 Å². The fraction of sp³-hybridized carbons (Fsp3) is 0.0769. The smallest absolute Gasteiger partial charge is 0.140 e.